The SMILES string of the molecule is CC(C(=O)O)C(=O)OC(OC1CCCCC1)C(C)C. The normalized spacial score (nSPS) is 20.0. The molecular weight excluding hydrogens is 248 g/mol. The van der Waals surface area contributed by atoms with Gasteiger partial charge in [-0.05, 0) is 19.8 Å². The molecular formula is C14H24O5. The van der Waals surface area contributed by atoms with Crippen molar-refractivity contribution in [2.75, 3.05) is 0 Å². The minimum atomic E-state index is -1.18. The average molecular weight is 272 g/mol. The molecule has 5 heteroatoms. The lowest BCUT2D eigenvalue weighted by Crippen LogP contribution is -2.35. The Morgan fingerprint density at radius 3 is 2.16 bits per heavy atom. The van der Waals surface area contributed by atoms with Crippen LogP contribution in [0.5, 0.6) is 0 Å². The molecule has 2 unspecified atom stereocenters. The predicted molar refractivity (Wildman–Crippen MR) is 69.5 cm³/mol. The van der Waals surface area contributed by atoms with Gasteiger partial charge in [-0.3, -0.25) is 9.59 Å². The van der Waals surface area contributed by atoms with E-state index in [-0.39, 0.29) is 12.0 Å². The number of hydrogen-bond acceptors (Lipinski definition) is 4. The minimum absolute atomic E-state index is 0.00636. The molecule has 0 aliphatic heterocycles. The molecule has 5 nitrogen and oxygen atoms in total. The smallest absolute Gasteiger partial charge is 0.322 e. The summed E-state index contributed by atoms with van der Waals surface area (Å²) in [7, 11) is 0. The molecule has 0 aromatic heterocycles. The number of esters is 1. The molecule has 1 N–H and O–H groups in total. The zero-order valence-corrected chi connectivity index (χ0v) is 11.9. The van der Waals surface area contributed by atoms with Crippen LogP contribution in [0.4, 0.5) is 0 Å². The number of carboxylic acid groups (broad SMARTS) is 1. The molecule has 1 rings (SSSR count). The topological polar surface area (TPSA) is 72.8 Å². The Morgan fingerprint density at radius 2 is 1.68 bits per heavy atom. The van der Waals surface area contributed by atoms with E-state index in [2.05, 4.69) is 0 Å². The third kappa shape index (κ3) is 5.19. The fourth-order valence-corrected chi connectivity index (χ4v) is 2.03. The van der Waals surface area contributed by atoms with Crippen molar-refractivity contribution in [2.24, 2.45) is 11.8 Å². The molecule has 1 aliphatic rings. The van der Waals surface area contributed by atoms with E-state index in [9.17, 15) is 9.59 Å². The molecule has 19 heavy (non-hydrogen) atoms. The van der Waals surface area contributed by atoms with Gasteiger partial charge in [-0.25, -0.2) is 0 Å². The number of rotatable bonds is 6. The van der Waals surface area contributed by atoms with Crippen LogP contribution in [0.2, 0.25) is 0 Å². The monoisotopic (exact) mass is 272 g/mol. The van der Waals surface area contributed by atoms with Crippen LogP contribution < -0.4 is 0 Å². The van der Waals surface area contributed by atoms with Crippen LogP contribution in [0, 0.1) is 11.8 Å². The molecule has 0 spiro atoms. The van der Waals surface area contributed by atoms with Crippen LogP contribution in [0.3, 0.4) is 0 Å². The van der Waals surface area contributed by atoms with E-state index in [4.69, 9.17) is 14.6 Å². The molecule has 0 heterocycles. The molecule has 0 bridgehead atoms. The van der Waals surface area contributed by atoms with E-state index < -0.39 is 24.1 Å². The van der Waals surface area contributed by atoms with Gasteiger partial charge in [-0.15, -0.1) is 0 Å². The minimum Gasteiger partial charge on any atom is -0.481 e. The summed E-state index contributed by atoms with van der Waals surface area (Å²) < 4.78 is 11.0. The van der Waals surface area contributed by atoms with Crippen molar-refractivity contribution in [3.63, 3.8) is 0 Å². The Kier molecular flexibility index (Phi) is 6.28. The summed E-state index contributed by atoms with van der Waals surface area (Å²) in [6.07, 6.45) is 4.92. The highest BCUT2D eigenvalue weighted by atomic mass is 16.7. The summed E-state index contributed by atoms with van der Waals surface area (Å²) in [5.74, 6) is -3.06. The Bertz CT molecular complexity index is 307. The summed E-state index contributed by atoms with van der Waals surface area (Å²) in [6.45, 7) is 5.11. The third-order valence-electron chi connectivity index (χ3n) is 3.38. The summed E-state index contributed by atoms with van der Waals surface area (Å²) in [6, 6.07) is 0. The highest BCUT2D eigenvalue weighted by Gasteiger charge is 2.29. The Hall–Kier alpha value is -1.10. The van der Waals surface area contributed by atoms with Crippen LogP contribution >= 0.6 is 0 Å². The third-order valence-corrected chi connectivity index (χ3v) is 3.38. The number of aliphatic carboxylic acids is 1. The second-order valence-electron chi connectivity index (χ2n) is 5.51. The lowest BCUT2D eigenvalue weighted by Gasteiger charge is -2.29. The highest BCUT2D eigenvalue weighted by Crippen LogP contribution is 2.24. The van der Waals surface area contributed by atoms with Gasteiger partial charge >= 0.3 is 11.9 Å². The van der Waals surface area contributed by atoms with Crippen molar-refractivity contribution in [3.05, 3.63) is 0 Å². The zero-order chi connectivity index (χ0) is 14.4. The van der Waals surface area contributed by atoms with Crippen LogP contribution in [0.15, 0.2) is 0 Å². The first-order chi connectivity index (χ1) is 8.91. The molecule has 2 atom stereocenters. The van der Waals surface area contributed by atoms with Crippen molar-refractivity contribution in [1.82, 2.24) is 0 Å². The van der Waals surface area contributed by atoms with Crippen LogP contribution in [0.1, 0.15) is 52.9 Å². The zero-order valence-electron chi connectivity index (χ0n) is 11.9. The van der Waals surface area contributed by atoms with Crippen LogP contribution in [-0.4, -0.2) is 29.4 Å². The molecule has 0 saturated heterocycles. The maximum absolute atomic E-state index is 11.7. The van der Waals surface area contributed by atoms with Gasteiger partial charge in [0.2, 0.25) is 6.29 Å². The van der Waals surface area contributed by atoms with Gasteiger partial charge in [0, 0.05) is 5.92 Å². The van der Waals surface area contributed by atoms with Crippen molar-refractivity contribution < 1.29 is 24.2 Å². The molecule has 0 aromatic carbocycles. The number of carbonyl (C=O) groups is 2. The molecule has 110 valence electrons. The first-order valence-electron chi connectivity index (χ1n) is 7.00. The standard InChI is InChI=1S/C14H24O5/c1-9(2)14(18-11-7-5-4-6-8-11)19-13(17)10(3)12(15)16/h9-11,14H,4-8H2,1-3H3,(H,15,16). The lowest BCUT2D eigenvalue weighted by atomic mass is 9.97. The van der Waals surface area contributed by atoms with E-state index in [1.807, 2.05) is 13.8 Å². The molecule has 0 aromatic rings. The summed E-state index contributed by atoms with van der Waals surface area (Å²) in [5, 5.41) is 8.78. The fraction of sp³-hybridized carbons (Fsp3) is 0.857. The van der Waals surface area contributed by atoms with Gasteiger partial charge in [0.25, 0.3) is 0 Å². The first-order valence-corrected chi connectivity index (χ1v) is 7.00. The maximum Gasteiger partial charge on any atom is 0.322 e. The molecule has 1 fully saturated rings. The second-order valence-corrected chi connectivity index (χ2v) is 5.51. The summed E-state index contributed by atoms with van der Waals surface area (Å²) in [5.41, 5.74) is 0. The molecule has 0 amide bonds. The van der Waals surface area contributed by atoms with E-state index in [1.165, 1.54) is 13.3 Å². The maximum atomic E-state index is 11.7. The molecule has 1 aliphatic carbocycles. The van der Waals surface area contributed by atoms with Gasteiger partial charge in [-0.1, -0.05) is 33.1 Å². The average Bonchev–Trinajstić information content (AvgIpc) is 2.37. The van der Waals surface area contributed by atoms with Gasteiger partial charge in [0.1, 0.15) is 0 Å². The Labute approximate surface area is 114 Å². The summed E-state index contributed by atoms with van der Waals surface area (Å²) >= 11 is 0. The van der Waals surface area contributed by atoms with E-state index in [0.717, 1.165) is 25.7 Å². The van der Waals surface area contributed by atoms with Crippen LogP contribution in [0.25, 0.3) is 0 Å². The van der Waals surface area contributed by atoms with E-state index in [1.54, 1.807) is 0 Å². The van der Waals surface area contributed by atoms with Gasteiger partial charge in [-0.2, -0.15) is 0 Å². The quantitative estimate of drug-likeness (QED) is 0.457. The molecule has 0 radical (unpaired) electrons. The number of hydrogen-bond donors (Lipinski definition) is 1. The fourth-order valence-electron chi connectivity index (χ4n) is 2.03. The van der Waals surface area contributed by atoms with Gasteiger partial charge in [0.15, 0.2) is 5.92 Å². The highest BCUT2D eigenvalue weighted by molar-refractivity contribution is 5.93. The Morgan fingerprint density at radius 1 is 1.11 bits per heavy atom. The van der Waals surface area contributed by atoms with Gasteiger partial charge in [0.05, 0.1) is 6.10 Å². The second kappa shape index (κ2) is 7.48. The van der Waals surface area contributed by atoms with Crippen molar-refractivity contribution in [3.8, 4) is 0 Å². The van der Waals surface area contributed by atoms with E-state index >= 15 is 0 Å². The molecule has 1 saturated carbocycles. The lowest BCUT2D eigenvalue weighted by molar-refractivity contribution is -0.208. The van der Waals surface area contributed by atoms with Crippen molar-refractivity contribution in [1.29, 1.82) is 0 Å². The Balaban J connectivity index is 2.52. The van der Waals surface area contributed by atoms with Crippen molar-refractivity contribution >= 4 is 11.9 Å². The number of carboxylic acids is 1. The number of ether oxygens (including phenoxy) is 2. The first kappa shape index (κ1) is 16.0. The van der Waals surface area contributed by atoms with Crippen LogP contribution in [-0.2, 0) is 19.1 Å². The van der Waals surface area contributed by atoms with Gasteiger partial charge < -0.3 is 14.6 Å². The number of carbonyl (C=O) groups excluding carboxylic acids is 1. The van der Waals surface area contributed by atoms with E-state index in [0.29, 0.717) is 0 Å². The predicted octanol–water partition coefficient (Wildman–Crippen LogP) is 2.58. The van der Waals surface area contributed by atoms with Crippen molar-refractivity contribution in [2.45, 2.75) is 65.3 Å². The summed E-state index contributed by atoms with van der Waals surface area (Å²) in [4.78, 5) is 22.4. The largest absolute Gasteiger partial charge is 0.481 e.